The van der Waals surface area contributed by atoms with Gasteiger partial charge >= 0.3 is 0 Å². The van der Waals surface area contributed by atoms with Crippen LogP contribution in [0.1, 0.15) is 0 Å². The summed E-state index contributed by atoms with van der Waals surface area (Å²) in [6.45, 7) is 0. The molecule has 0 spiro atoms. The van der Waals surface area contributed by atoms with Crippen molar-refractivity contribution >= 4 is 24.4 Å². The van der Waals surface area contributed by atoms with Crippen molar-refractivity contribution in [2.75, 3.05) is 0 Å². The Labute approximate surface area is 38.9 Å². The Morgan fingerprint density at radius 1 is 2.00 bits per heavy atom. The van der Waals surface area contributed by atoms with Crippen LogP contribution in [0.15, 0.2) is 0 Å². The molecular formula is H3N2OS2. The maximum Gasteiger partial charge on any atom is 0.143 e. The first-order valence-corrected chi connectivity index (χ1v) is 2.43. The highest BCUT2D eigenvalue weighted by Gasteiger charge is 1.83. The molecule has 3 N–H and O–H groups in total. The zero-order valence-corrected chi connectivity index (χ0v) is 3.94. The van der Waals surface area contributed by atoms with E-state index in [-0.39, 0.29) is 0 Å². The van der Waals surface area contributed by atoms with E-state index in [4.69, 9.17) is 0 Å². The van der Waals surface area contributed by atoms with Crippen LogP contribution >= 0.6 is 12.8 Å². The average Bonchev–Trinajstić information content (AvgIpc) is 1.38. The zero-order chi connectivity index (χ0) is 4.28. The molecule has 0 aromatic heterocycles. The van der Waals surface area contributed by atoms with Gasteiger partial charge in [-0.05, 0) is 0 Å². The number of hydrogen-bond donors (Lipinski definition) is 2. The SMILES string of the molecule is N[S+]([O-])N[S]. The van der Waals surface area contributed by atoms with Crippen LogP contribution in [0.3, 0.4) is 0 Å². The molecule has 0 aliphatic carbocycles. The van der Waals surface area contributed by atoms with Crippen LogP contribution in [0.2, 0.25) is 0 Å². The minimum Gasteiger partial charge on any atom is -0.578 e. The molecule has 1 atom stereocenters. The molecule has 3 nitrogen and oxygen atoms in total. The monoisotopic (exact) mass is 111 g/mol. The fraction of sp³-hybridized carbons (Fsp3) is 0. The van der Waals surface area contributed by atoms with Crippen molar-refractivity contribution in [3.05, 3.63) is 0 Å². The second-order valence-corrected chi connectivity index (χ2v) is 1.64. The maximum atomic E-state index is 9.49. The summed E-state index contributed by atoms with van der Waals surface area (Å²) in [6, 6.07) is 0. The summed E-state index contributed by atoms with van der Waals surface area (Å²) in [4.78, 5) is 0. The van der Waals surface area contributed by atoms with Gasteiger partial charge in [0.25, 0.3) is 0 Å². The van der Waals surface area contributed by atoms with E-state index in [2.05, 4.69) is 18.0 Å². The first-order chi connectivity index (χ1) is 2.27. The highest BCUT2D eigenvalue weighted by molar-refractivity contribution is 7.99. The molecule has 0 aromatic carbocycles. The predicted octanol–water partition coefficient (Wildman–Crippen LogP) is -0.774. The Morgan fingerprint density at radius 2 is 2.20 bits per heavy atom. The summed E-state index contributed by atoms with van der Waals surface area (Å²) in [6.07, 6.45) is 0. The normalized spacial score (nSPS) is 15.0. The van der Waals surface area contributed by atoms with Crippen LogP contribution in [0.5, 0.6) is 0 Å². The van der Waals surface area contributed by atoms with Gasteiger partial charge in [-0.1, -0.05) is 4.13 Å². The van der Waals surface area contributed by atoms with E-state index >= 15 is 0 Å². The highest BCUT2D eigenvalue weighted by Crippen LogP contribution is 1.64. The third kappa shape index (κ3) is 4.58. The van der Waals surface area contributed by atoms with Crippen LogP contribution in [-0.4, -0.2) is 4.55 Å². The van der Waals surface area contributed by atoms with E-state index in [1.807, 2.05) is 4.13 Å². The van der Waals surface area contributed by atoms with Gasteiger partial charge in [0.1, 0.15) is 11.5 Å². The van der Waals surface area contributed by atoms with Gasteiger partial charge in [-0.15, -0.1) is 5.14 Å². The topological polar surface area (TPSA) is 61.1 Å². The van der Waals surface area contributed by atoms with E-state index in [1.54, 1.807) is 0 Å². The molecule has 5 heavy (non-hydrogen) atoms. The van der Waals surface area contributed by atoms with Crippen LogP contribution in [0.4, 0.5) is 0 Å². The molecule has 5 heteroatoms. The van der Waals surface area contributed by atoms with E-state index in [1.165, 1.54) is 0 Å². The first-order valence-electron chi connectivity index (χ1n) is 0.811. The number of hydrogen-bond acceptors (Lipinski definition) is 3. The van der Waals surface area contributed by atoms with Gasteiger partial charge in [-0.25, -0.2) is 0 Å². The molecule has 0 aliphatic heterocycles. The van der Waals surface area contributed by atoms with Crippen LogP contribution < -0.4 is 9.27 Å². The molecular weight excluding hydrogens is 108 g/mol. The van der Waals surface area contributed by atoms with E-state index in [0.29, 0.717) is 0 Å². The molecule has 0 rings (SSSR count). The minimum absolute atomic E-state index is 1.51. The second kappa shape index (κ2) is 2.80. The molecule has 0 aliphatic rings. The molecule has 0 fully saturated rings. The molecule has 0 bridgehead atoms. The van der Waals surface area contributed by atoms with Gasteiger partial charge < -0.3 is 4.55 Å². The average molecular weight is 111 g/mol. The van der Waals surface area contributed by atoms with Crippen LogP contribution in [-0.2, 0) is 11.5 Å². The number of nitrogens with two attached hydrogens (primary N) is 1. The van der Waals surface area contributed by atoms with E-state index in [0.717, 1.165) is 0 Å². The Morgan fingerprint density at radius 3 is 2.20 bits per heavy atom. The quantitative estimate of drug-likeness (QED) is 0.437. The second-order valence-electron chi connectivity index (χ2n) is 0.381. The Balaban J connectivity index is 2.54. The zero-order valence-electron chi connectivity index (χ0n) is 2.30. The van der Waals surface area contributed by atoms with Gasteiger partial charge in [-0.3, -0.25) is 0 Å². The van der Waals surface area contributed by atoms with Crippen molar-refractivity contribution in [1.82, 2.24) is 4.13 Å². The summed E-state index contributed by atoms with van der Waals surface area (Å²) in [5, 5.41) is 4.55. The van der Waals surface area contributed by atoms with Gasteiger partial charge in [-0.2, -0.15) is 0 Å². The molecule has 1 radical (unpaired) electrons. The van der Waals surface area contributed by atoms with Crippen molar-refractivity contribution in [2.45, 2.75) is 0 Å². The van der Waals surface area contributed by atoms with E-state index in [9.17, 15) is 4.55 Å². The van der Waals surface area contributed by atoms with E-state index < -0.39 is 11.5 Å². The lowest BCUT2D eigenvalue weighted by atomic mass is 13.9. The fourth-order valence-electron chi connectivity index (χ4n) is 0. The summed E-state index contributed by atoms with van der Waals surface area (Å²) in [5.74, 6) is 0. The van der Waals surface area contributed by atoms with Gasteiger partial charge in [0, 0.05) is 0 Å². The van der Waals surface area contributed by atoms with Gasteiger partial charge in [0.15, 0.2) is 0 Å². The lowest BCUT2D eigenvalue weighted by Crippen LogP contribution is -2.22. The van der Waals surface area contributed by atoms with Crippen LogP contribution in [0, 0.1) is 0 Å². The molecule has 31 valence electrons. The van der Waals surface area contributed by atoms with Crippen molar-refractivity contribution in [2.24, 2.45) is 5.14 Å². The number of nitrogens with one attached hydrogen (secondary N) is 1. The van der Waals surface area contributed by atoms with Crippen molar-refractivity contribution in [3.63, 3.8) is 0 Å². The summed E-state index contributed by atoms with van der Waals surface area (Å²) in [7, 11) is 0. The predicted molar refractivity (Wildman–Crippen MR) is 23.1 cm³/mol. The first kappa shape index (κ1) is 5.58. The molecule has 0 heterocycles. The molecule has 1 unspecified atom stereocenters. The summed E-state index contributed by atoms with van der Waals surface area (Å²) >= 11 is 2.49. The smallest absolute Gasteiger partial charge is 0.143 e. The Bertz CT molecular complexity index is 21.6. The van der Waals surface area contributed by atoms with Crippen molar-refractivity contribution < 1.29 is 4.55 Å². The molecule has 0 aromatic rings. The third-order valence-corrected chi connectivity index (χ3v) is 0.739. The molecule has 0 amide bonds. The van der Waals surface area contributed by atoms with Gasteiger partial charge in [0.05, 0.1) is 12.8 Å². The highest BCUT2D eigenvalue weighted by atomic mass is 32.3. The van der Waals surface area contributed by atoms with Crippen molar-refractivity contribution in [3.8, 4) is 0 Å². The lowest BCUT2D eigenvalue weighted by molar-refractivity contribution is 0.595. The number of rotatable bonds is 1. The standard InChI is InChI=1S/H3N2OS2/c1-5(3)2-4/h2H,1H2. The van der Waals surface area contributed by atoms with Gasteiger partial charge in [0.2, 0.25) is 0 Å². The molecule has 0 saturated heterocycles. The minimum atomic E-state index is -1.51. The Hall–Kier alpha value is 0.580. The summed E-state index contributed by atoms with van der Waals surface area (Å²) in [5.41, 5.74) is 0. The summed E-state index contributed by atoms with van der Waals surface area (Å²) < 4.78 is 11.3. The third-order valence-electron chi connectivity index (χ3n) is 0.0821. The fourth-order valence-corrected chi connectivity index (χ4v) is 0. The van der Waals surface area contributed by atoms with Crippen LogP contribution in [0.25, 0.3) is 0 Å². The van der Waals surface area contributed by atoms with Crippen molar-refractivity contribution in [1.29, 1.82) is 0 Å². The Kier molecular flexibility index (Phi) is 3.12. The lowest BCUT2D eigenvalue weighted by Gasteiger charge is -1.91. The largest absolute Gasteiger partial charge is 0.578 e. The molecule has 0 saturated carbocycles. The maximum absolute atomic E-state index is 9.49.